The summed E-state index contributed by atoms with van der Waals surface area (Å²) in [5, 5.41) is 3.43. The smallest absolute Gasteiger partial charge is 0.109 e. The van der Waals surface area contributed by atoms with Gasteiger partial charge in [-0.3, -0.25) is 15.0 Å². The van der Waals surface area contributed by atoms with Gasteiger partial charge in [0.1, 0.15) is 5.54 Å². The Morgan fingerprint density at radius 2 is 1.32 bits per heavy atom. The van der Waals surface area contributed by atoms with Gasteiger partial charge in [-0.2, -0.15) is 0 Å². The van der Waals surface area contributed by atoms with Crippen LogP contribution in [-0.2, 0) is 12.0 Å². The van der Waals surface area contributed by atoms with E-state index in [0.29, 0.717) is 6.42 Å². The molecule has 0 spiro atoms. The van der Waals surface area contributed by atoms with E-state index in [9.17, 15) is 0 Å². The SMILES string of the molecule is CNC(Cc1ccccn1)(c1ccccn1)c1ccccn1. The highest BCUT2D eigenvalue weighted by Crippen LogP contribution is 2.29. The number of aromatic nitrogens is 3. The number of hydrogen-bond donors (Lipinski definition) is 1. The average Bonchev–Trinajstić information content (AvgIpc) is 2.62. The summed E-state index contributed by atoms with van der Waals surface area (Å²) in [6, 6.07) is 17.8. The maximum Gasteiger partial charge on any atom is 0.109 e. The zero-order valence-electron chi connectivity index (χ0n) is 12.5. The van der Waals surface area contributed by atoms with Crippen molar-refractivity contribution in [3.05, 3.63) is 90.3 Å². The number of nitrogens with zero attached hydrogens (tertiary/aromatic N) is 3. The van der Waals surface area contributed by atoms with Gasteiger partial charge in [0.2, 0.25) is 0 Å². The molecule has 3 aromatic rings. The van der Waals surface area contributed by atoms with Gasteiger partial charge >= 0.3 is 0 Å². The maximum absolute atomic E-state index is 4.56. The first-order valence-corrected chi connectivity index (χ1v) is 7.27. The van der Waals surface area contributed by atoms with Gasteiger partial charge in [-0.25, -0.2) is 0 Å². The van der Waals surface area contributed by atoms with E-state index < -0.39 is 5.54 Å². The second kappa shape index (κ2) is 6.45. The number of hydrogen-bond acceptors (Lipinski definition) is 4. The summed E-state index contributed by atoms with van der Waals surface area (Å²) in [6.07, 6.45) is 6.11. The van der Waals surface area contributed by atoms with Crippen LogP contribution in [0.2, 0.25) is 0 Å². The Bertz CT molecular complexity index is 659. The number of pyridine rings is 3. The summed E-state index contributed by atoms with van der Waals surface area (Å²) in [6.45, 7) is 0. The van der Waals surface area contributed by atoms with Gasteiger partial charge < -0.3 is 5.32 Å². The maximum atomic E-state index is 4.56. The van der Waals surface area contributed by atoms with Crippen LogP contribution >= 0.6 is 0 Å². The molecule has 3 heterocycles. The van der Waals surface area contributed by atoms with Gasteiger partial charge in [-0.05, 0) is 43.4 Å². The van der Waals surface area contributed by atoms with Crippen molar-refractivity contribution >= 4 is 0 Å². The third-order valence-corrected chi connectivity index (χ3v) is 3.80. The molecule has 0 aliphatic heterocycles. The van der Waals surface area contributed by atoms with Crippen molar-refractivity contribution in [3.8, 4) is 0 Å². The van der Waals surface area contributed by atoms with Crippen LogP contribution in [0.25, 0.3) is 0 Å². The average molecular weight is 290 g/mol. The zero-order valence-corrected chi connectivity index (χ0v) is 12.5. The lowest BCUT2D eigenvalue weighted by Gasteiger charge is -2.32. The van der Waals surface area contributed by atoms with Gasteiger partial charge in [0.25, 0.3) is 0 Å². The zero-order chi connectivity index (χ0) is 15.3. The fraction of sp³-hybridized carbons (Fsp3) is 0.167. The van der Waals surface area contributed by atoms with Crippen molar-refractivity contribution in [2.75, 3.05) is 7.05 Å². The molecule has 110 valence electrons. The molecule has 0 fully saturated rings. The van der Waals surface area contributed by atoms with E-state index in [1.165, 1.54) is 0 Å². The minimum absolute atomic E-state index is 0.503. The Morgan fingerprint density at radius 3 is 1.73 bits per heavy atom. The summed E-state index contributed by atoms with van der Waals surface area (Å²) < 4.78 is 0. The molecular formula is C18H18N4. The summed E-state index contributed by atoms with van der Waals surface area (Å²) in [5.41, 5.74) is 2.36. The lowest BCUT2D eigenvalue weighted by Crippen LogP contribution is -2.44. The van der Waals surface area contributed by atoms with E-state index in [0.717, 1.165) is 17.1 Å². The Morgan fingerprint density at radius 1 is 0.773 bits per heavy atom. The van der Waals surface area contributed by atoms with E-state index in [-0.39, 0.29) is 0 Å². The van der Waals surface area contributed by atoms with Crippen LogP contribution in [0.3, 0.4) is 0 Å². The first kappa shape index (κ1) is 14.4. The summed E-state index contributed by atoms with van der Waals surface area (Å²) >= 11 is 0. The molecule has 0 bridgehead atoms. The summed E-state index contributed by atoms with van der Waals surface area (Å²) in [5.74, 6) is 0. The predicted molar refractivity (Wildman–Crippen MR) is 86.3 cm³/mol. The molecule has 0 saturated heterocycles. The minimum atomic E-state index is -0.503. The van der Waals surface area contributed by atoms with Crippen molar-refractivity contribution in [2.24, 2.45) is 0 Å². The first-order valence-electron chi connectivity index (χ1n) is 7.27. The number of nitrogens with one attached hydrogen (secondary N) is 1. The van der Waals surface area contributed by atoms with Crippen molar-refractivity contribution < 1.29 is 0 Å². The predicted octanol–water partition coefficient (Wildman–Crippen LogP) is 2.58. The topological polar surface area (TPSA) is 50.7 Å². The molecule has 1 N–H and O–H groups in total. The highest BCUT2D eigenvalue weighted by molar-refractivity contribution is 5.32. The highest BCUT2D eigenvalue weighted by atomic mass is 15.0. The Kier molecular flexibility index (Phi) is 4.21. The molecule has 0 atom stereocenters. The fourth-order valence-electron chi connectivity index (χ4n) is 2.66. The van der Waals surface area contributed by atoms with E-state index >= 15 is 0 Å². The molecule has 0 amide bonds. The molecule has 4 heteroatoms. The van der Waals surface area contributed by atoms with E-state index in [4.69, 9.17) is 0 Å². The van der Waals surface area contributed by atoms with E-state index in [1.54, 1.807) is 0 Å². The van der Waals surface area contributed by atoms with Crippen LogP contribution in [0.1, 0.15) is 17.1 Å². The molecular weight excluding hydrogens is 272 g/mol. The van der Waals surface area contributed by atoms with Gasteiger partial charge in [0, 0.05) is 30.7 Å². The molecule has 22 heavy (non-hydrogen) atoms. The van der Waals surface area contributed by atoms with Crippen LogP contribution in [-0.4, -0.2) is 22.0 Å². The van der Waals surface area contributed by atoms with Crippen molar-refractivity contribution in [1.82, 2.24) is 20.3 Å². The molecule has 0 unspecified atom stereocenters. The third kappa shape index (κ3) is 2.73. The summed E-state index contributed by atoms with van der Waals surface area (Å²) in [7, 11) is 1.94. The van der Waals surface area contributed by atoms with Gasteiger partial charge in [-0.1, -0.05) is 18.2 Å². The van der Waals surface area contributed by atoms with Crippen LogP contribution in [0, 0.1) is 0 Å². The second-order valence-corrected chi connectivity index (χ2v) is 5.08. The molecule has 4 nitrogen and oxygen atoms in total. The molecule has 3 aromatic heterocycles. The molecule has 0 aliphatic rings. The lowest BCUT2D eigenvalue weighted by molar-refractivity contribution is 0.407. The Labute approximate surface area is 130 Å². The van der Waals surface area contributed by atoms with Crippen LogP contribution in [0.5, 0.6) is 0 Å². The van der Waals surface area contributed by atoms with Gasteiger partial charge in [0.15, 0.2) is 0 Å². The van der Waals surface area contributed by atoms with Crippen LogP contribution < -0.4 is 5.32 Å². The molecule has 3 rings (SSSR count). The minimum Gasteiger partial charge on any atom is -0.304 e. The molecule has 0 aliphatic carbocycles. The van der Waals surface area contributed by atoms with Crippen molar-refractivity contribution in [3.63, 3.8) is 0 Å². The Balaban J connectivity index is 2.13. The highest BCUT2D eigenvalue weighted by Gasteiger charge is 2.36. The van der Waals surface area contributed by atoms with E-state index in [2.05, 4.69) is 20.3 Å². The lowest BCUT2D eigenvalue weighted by atomic mass is 9.85. The monoisotopic (exact) mass is 290 g/mol. The van der Waals surface area contributed by atoms with Crippen LogP contribution in [0.15, 0.2) is 73.2 Å². The number of rotatable bonds is 5. The molecule has 0 radical (unpaired) electrons. The summed E-state index contributed by atoms with van der Waals surface area (Å²) in [4.78, 5) is 13.6. The quantitative estimate of drug-likeness (QED) is 0.784. The van der Waals surface area contributed by atoms with Crippen molar-refractivity contribution in [1.29, 1.82) is 0 Å². The largest absolute Gasteiger partial charge is 0.304 e. The van der Waals surface area contributed by atoms with Crippen LogP contribution in [0.4, 0.5) is 0 Å². The van der Waals surface area contributed by atoms with Gasteiger partial charge in [0.05, 0.1) is 11.4 Å². The standard InChI is InChI=1S/C18H18N4/c1-19-18(16-9-3-6-12-21-16,17-10-4-7-13-22-17)14-15-8-2-5-11-20-15/h2-13,19H,14H2,1H3. The van der Waals surface area contributed by atoms with Gasteiger partial charge in [-0.15, -0.1) is 0 Å². The fourth-order valence-corrected chi connectivity index (χ4v) is 2.66. The van der Waals surface area contributed by atoms with Crippen molar-refractivity contribution in [2.45, 2.75) is 12.0 Å². The normalized spacial score (nSPS) is 11.3. The molecule has 0 aromatic carbocycles. The second-order valence-electron chi connectivity index (χ2n) is 5.08. The number of likely N-dealkylation sites (N-methyl/N-ethyl adjacent to an activating group) is 1. The first-order chi connectivity index (χ1) is 10.8. The molecule has 0 saturated carbocycles. The third-order valence-electron chi connectivity index (χ3n) is 3.80. The Hall–Kier alpha value is -2.59. The van der Waals surface area contributed by atoms with E-state index in [1.807, 2.05) is 80.2 Å².